The Balaban J connectivity index is 0.00000192. The normalized spacial score (nSPS) is 15.2. The molecule has 6 heteroatoms. The number of likely N-dealkylation sites (tertiary alicyclic amines) is 1. The molecule has 1 fully saturated rings. The highest BCUT2D eigenvalue weighted by Gasteiger charge is 2.21. The molecule has 5 nitrogen and oxygen atoms in total. The average Bonchev–Trinajstić information content (AvgIpc) is 2.87. The minimum atomic E-state index is -0.190. The van der Waals surface area contributed by atoms with E-state index in [0.29, 0.717) is 17.8 Å². The molecule has 2 aromatic rings. The number of hydrogen-bond donors (Lipinski definition) is 1. The molecule has 1 amide bonds. The van der Waals surface area contributed by atoms with Crippen molar-refractivity contribution in [3.05, 3.63) is 30.0 Å². The van der Waals surface area contributed by atoms with Crippen LogP contribution in [0.2, 0.25) is 0 Å². The van der Waals surface area contributed by atoms with Crippen LogP contribution in [0.15, 0.2) is 28.7 Å². The highest BCUT2D eigenvalue weighted by Crippen LogP contribution is 2.31. The third-order valence-corrected chi connectivity index (χ3v) is 4.00. The predicted octanol–water partition coefficient (Wildman–Crippen LogP) is 0.0638. The molecule has 0 bridgehead atoms. The van der Waals surface area contributed by atoms with Crippen molar-refractivity contribution < 1.29 is 26.4 Å². The summed E-state index contributed by atoms with van der Waals surface area (Å²) < 4.78 is 5.57. The highest BCUT2D eigenvalue weighted by atomic mass is 35.5. The molecule has 1 N–H and O–H groups in total. The van der Waals surface area contributed by atoms with Crippen molar-refractivity contribution in [1.82, 2.24) is 4.90 Å². The van der Waals surface area contributed by atoms with E-state index in [4.69, 9.17) is 4.42 Å². The number of rotatable bonds is 4. The van der Waals surface area contributed by atoms with Gasteiger partial charge >= 0.3 is 0 Å². The first kappa shape index (κ1) is 17.5. The smallest absolute Gasteiger partial charge is 0.238 e. The van der Waals surface area contributed by atoms with Crippen LogP contribution < -0.4 is 17.7 Å². The van der Waals surface area contributed by atoms with Crippen LogP contribution in [0.4, 0.5) is 5.69 Å². The standard InChI is InChI=1S/C17H20N2O3.ClH/c1-12(20)17-16(13-7-3-4-8-14(13)22-17)18-15(21)11-19-9-5-2-6-10-19;/h3-4,7-8H,2,5-6,9-11H2,1H3,(H,18,21);1H/p-1. The summed E-state index contributed by atoms with van der Waals surface area (Å²) in [7, 11) is 0. The van der Waals surface area contributed by atoms with Crippen molar-refractivity contribution >= 4 is 28.3 Å². The molecule has 0 atom stereocenters. The molecular formula is C17H20ClN2O3-. The monoisotopic (exact) mass is 335 g/mol. The van der Waals surface area contributed by atoms with Gasteiger partial charge < -0.3 is 22.1 Å². The Bertz CT molecular complexity index is 705. The van der Waals surface area contributed by atoms with E-state index in [1.807, 2.05) is 18.2 Å². The van der Waals surface area contributed by atoms with Gasteiger partial charge in [0.25, 0.3) is 0 Å². The number of anilines is 1. The first-order valence-corrected chi connectivity index (χ1v) is 7.70. The second-order valence-electron chi connectivity index (χ2n) is 5.74. The molecule has 0 unspecified atom stereocenters. The summed E-state index contributed by atoms with van der Waals surface area (Å²) in [5.41, 5.74) is 1.10. The maximum atomic E-state index is 12.3. The number of nitrogens with zero attached hydrogens (tertiary/aromatic N) is 1. The summed E-state index contributed by atoms with van der Waals surface area (Å²) in [6.07, 6.45) is 3.51. The lowest BCUT2D eigenvalue weighted by Gasteiger charge is -2.25. The lowest BCUT2D eigenvalue weighted by atomic mass is 10.1. The van der Waals surface area contributed by atoms with E-state index in [2.05, 4.69) is 10.2 Å². The van der Waals surface area contributed by atoms with Crippen LogP contribution in [0.1, 0.15) is 36.7 Å². The van der Waals surface area contributed by atoms with E-state index in [-0.39, 0.29) is 29.9 Å². The van der Waals surface area contributed by atoms with Crippen LogP contribution in [-0.2, 0) is 4.79 Å². The molecule has 1 aromatic carbocycles. The van der Waals surface area contributed by atoms with Crippen LogP contribution in [0.3, 0.4) is 0 Å². The van der Waals surface area contributed by atoms with Gasteiger partial charge in [-0.3, -0.25) is 14.5 Å². The van der Waals surface area contributed by atoms with Crippen molar-refractivity contribution in [3.8, 4) is 0 Å². The van der Waals surface area contributed by atoms with Gasteiger partial charge in [0.15, 0.2) is 11.5 Å². The van der Waals surface area contributed by atoms with Crippen molar-refractivity contribution in [1.29, 1.82) is 0 Å². The zero-order chi connectivity index (χ0) is 15.5. The summed E-state index contributed by atoms with van der Waals surface area (Å²) in [6, 6.07) is 7.35. The van der Waals surface area contributed by atoms with Gasteiger partial charge in [0.05, 0.1) is 12.2 Å². The van der Waals surface area contributed by atoms with E-state index in [1.54, 1.807) is 6.07 Å². The summed E-state index contributed by atoms with van der Waals surface area (Å²) in [6.45, 7) is 3.72. The van der Waals surface area contributed by atoms with Gasteiger partial charge in [-0.25, -0.2) is 0 Å². The maximum Gasteiger partial charge on any atom is 0.238 e. The van der Waals surface area contributed by atoms with Crippen molar-refractivity contribution in [3.63, 3.8) is 0 Å². The third kappa shape index (κ3) is 3.92. The number of benzene rings is 1. The zero-order valence-corrected chi connectivity index (χ0v) is 13.9. The molecule has 0 radical (unpaired) electrons. The quantitative estimate of drug-likeness (QED) is 0.803. The number of carbonyl (C=O) groups is 2. The third-order valence-electron chi connectivity index (χ3n) is 4.00. The molecule has 1 aromatic heterocycles. The van der Waals surface area contributed by atoms with E-state index in [0.717, 1.165) is 31.3 Å². The molecule has 3 rings (SSSR count). The number of ketones is 1. The molecule has 23 heavy (non-hydrogen) atoms. The van der Waals surface area contributed by atoms with Gasteiger partial charge in [-0.15, -0.1) is 0 Å². The highest BCUT2D eigenvalue weighted by molar-refractivity contribution is 6.11. The Labute approximate surface area is 141 Å². The van der Waals surface area contributed by atoms with E-state index >= 15 is 0 Å². The fraction of sp³-hybridized carbons (Fsp3) is 0.412. The predicted molar refractivity (Wildman–Crippen MR) is 85.1 cm³/mol. The van der Waals surface area contributed by atoms with Crippen molar-refractivity contribution in [2.75, 3.05) is 25.0 Å². The number of piperidine rings is 1. The first-order chi connectivity index (χ1) is 10.6. The number of nitrogens with one attached hydrogen (secondary N) is 1. The number of para-hydroxylation sites is 1. The van der Waals surface area contributed by atoms with Crippen LogP contribution >= 0.6 is 0 Å². The summed E-state index contributed by atoms with van der Waals surface area (Å²) in [5, 5.41) is 3.63. The van der Waals surface area contributed by atoms with Crippen LogP contribution in [0.25, 0.3) is 11.0 Å². The van der Waals surface area contributed by atoms with Gasteiger partial charge in [-0.2, -0.15) is 0 Å². The number of amides is 1. The molecule has 1 aliphatic rings. The van der Waals surface area contributed by atoms with Gasteiger partial charge in [0, 0.05) is 12.3 Å². The second kappa shape index (κ2) is 7.62. The minimum absolute atomic E-state index is 0. The fourth-order valence-corrected chi connectivity index (χ4v) is 2.92. The molecule has 0 saturated carbocycles. The van der Waals surface area contributed by atoms with Crippen LogP contribution in [0.5, 0.6) is 0 Å². The molecule has 1 aliphatic heterocycles. The number of carbonyl (C=O) groups excluding carboxylic acids is 2. The fourth-order valence-electron chi connectivity index (χ4n) is 2.92. The average molecular weight is 336 g/mol. The number of furan rings is 1. The van der Waals surface area contributed by atoms with Crippen LogP contribution in [-0.4, -0.2) is 36.2 Å². The number of fused-ring (bicyclic) bond motifs is 1. The number of hydrogen-bond acceptors (Lipinski definition) is 4. The van der Waals surface area contributed by atoms with Crippen LogP contribution in [0, 0.1) is 0 Å². The van der Waals surface area contributed by atoms with Gasteiger partial charge in [0.1, 0.15) is 5.58 Å². The minimum Gasteiger partial charge on any atom is -1.00 e. The van der Waals surface area contributed by atoms with E-state index < -0.39 is 0 Å². The Morgan fingerprint density at radius 2 is 1.87 bits per heavy atom. The number of Topliss-reactive ketones (excluding diaryl/α,β-unsaturated/α-hetero) is 1. The Hall–Kier alpha value is -1.85. The largest absolute Gasteiger partial charge is 1.00 e. The Kier molecular flexibility index (Phi) is 5.80. The lowest BCUT2D eigenvalue weighted by Crippen LogP contribution is -3.00. The summed E-state index contributed by atoms with van der Waals surface area (Å²) >= 11 is 0. The lowest BCUT2D eigenvalue weighted by molar-refractivity contribution is -0.117. The maximum absolute atomic E-state index is 12.3. The first-order valence-electron chi connectivity index (χ1n) is 7.70. The van der Waals surface area contributed by atoms with Crippen molar-refractivity contribution in [2.45, 2.75) is 26.2 Å². The zero-order valence-electron chi connectivity index (χ0n) is 13.1. The van der Waals surface area contributed by atoms with Gasteiger partial charge in [-0.1, -0.05) is 18.6 Å². The molecule has 2 heterocycles. The molecule has 0 spiro atoms. The van der Waals surface area contributed by atoms with Gasteiger partial charge in [0.2, 0.25) is 5.91 Å². The molecule has 124 valence electrons. The second-order valence-corrected chi connectivity index (χ2v) is 5.74. The Morgan fingerprint density at radius 3 is 2.57 bits per heavy atom. The van der Waals surface area contributed by atoms with E-state index in [1.165, 1.54) is 13.3 Å². The summed E-state index contributed by atoms with van der Waals surface area (Å²) in [4.78, 5) is 26.2. The molecular weight excluding hydrogens is 316 g/mol. The summed E-state index contributed by atoms with van der Waals surface area (Å²) in [5.74, 6) is -0.0754. The SMILES string of the molecule is CC(=O)c1oc2ccccc2c1NC(=O)CN1CCCCC1.[Cl-]. The topological polar surface area (TPSA) is 62.6 Å². The molecule has 0 aliphatic carbocycles. The Morgan fingerprint density at radius 1 is 1.17 bits per heavy atom. The number of halogens is 1. The van der Waals surface area contributed by atoms with Gasteiger partial charge in [-0.05, 0) is 38.1 Å². The van der Waals surface area contributed by atoms with E-state index in [9.17, 15) is 9.59 Å². The van der Waals surface area contributed by atoms with Crippen molar-refractivity contribution in [2.24, 2.45) is 0 Å². The molecule has 1 saturated heterocycles.